The van der Waals surface area contributed by atoms with Gasteiger partial charge in [0, 0.05) is 0 Å². The van der Waals surface area contributed by atoms with Crippen molar-refractivity contribution >= 4 is 5.97 Å². The molecule has 0 heterocycles. The van der Waals surface area contributed by atoms with Crippen LogP contribution in [-0.2, 0) is 9.53 Å². The third-order valence-electron chi connectivity index (χ3n) is 1.45. The molecule has 0 aromatic carbocycles. The molecule has 4 heteroatoms. The number of hydrogen-bond donors (Lipinski definition) is 1. The SMILES string of the molecule is COC(=O)[C@H](N)C(F)C(C)C. The Labute approximate surface area is 65.7 Å². The lowest BCUT2D eigenvalue weighted by atomic mass is 10.0. The summed E-state index contributed by atoms with van der Waals surface area (Å²) < 4.78 is 17.2. The summed E-state index contributed by atoms with van der Waals surface area (Å²) in [4.78, 5) is 10.7. The van der Waals surface area contributed by atoms with Crippen molar-refractivity contribution in [1.29, 1.82) is 0 Å². The second kappa shape index (κ2) is 4.28. The molecule has 66 valence electrons. The minimum absolute atomic E-state index is 0.260. The Bertz CT molecular complexity index is 138. The van der Waals surface area contributed by atoms with Gasteiger partial charge in [0.15, 0.2) is 0 Å². The topological polar surface area (TPSA) is 52.3 Å². The van der Waals surface area contributed by atoms with Gasteiger partial charge < -0.3 is 10.5 Å². The third-order valence-corrected chi connectivity index (χ3v) is 1.45. The van der Waals surface area contributed by atoms with E-state index >= 15 is 0 Å². The molecule has 0 rings (SSSR count). The summed E-state index contributed by atoms with van der Waals surface area (Å²) in [7, 11) is 1.19. The highest BCUT2D eigenvalue weighted by molar-refractivity contribution is 5.76. The van der Waals surface area contributed by atoms with Gasteiger partial charge >= 0.3 is 5.97 Å². The average molecular weight is 163 g/mol. The van der Waals surface area contributed by atoms with Gasteiger partial charge in [0.05, 0.1) is 7.11 Å². The van der Waals surface area contributed by atoms with E-state index in [0.29, 0.717) is 0 Å². The Kier molecular flexibility index (Phi) is 4.03. The number of hydrogen-bond acceptors (Lipinski definition) is 3. The first-order valence-corrected chi connectivity index (χ1v) is 3.48. The van der Waals surface area contributed by atoms with Crippen LogP contribution in [0.1, 0.15) is 13.8 Å². The van der Waals surface area contributed by atoms with E-state index < -0.39 is 18.2 Å². The van der Waals surface area contributed by atoms with Crippen LogP contribution in [0.25, 0.3) is 0 Å². The number of alkyl halides is 1. The Balaban J connectivity index is 4.01. The molecular weight excluding hydrogens is 149 g/mol. The first-order chi connectivity index (χ1) is 5.00. The summed E-state index contributed by atoms with van der Waals surface area (Å²) in [6, 6.07) is -1.15. The molecule has 0 bridgehead atoms. The Hall–Kier alpha value is -0.640. The van der Waals surface area contributed by atoms with E-state index in [4.69, 9.17) is 5.73 Å². The first-order valence-electron chi connectivity index (χ1n) is 3.48. The van der Waals surface area contributed by atoms with E-state index in [9.17, 15) is 9.18 Å². The number of methoxy groups -OCH3 is 1. The minimum atomic E-state index is -1.33. The second-order valence-electron chi connectivity index (χ2n) is 2.74. The molecule has 2 atom stereocenters. The quantitative estimate of drug-likeness (QED) is 0.616. The van der Waals surface area contributed by atoms with Crippen LogP contribution in [0.2, 0.25) is 0 Å². The maximum Gasteiger partial charge on any atom is 0.325 e. The molecule has 0 aromatic rings. The standard InChI is InChI=1S/C7H14FNO2/c1-4(2)5(8)6(9)7(10)11-3/h4-6H,9H2,1-3H3/t5?,6-/m1/s1. The van der Waals surface area contributed by atoms with Gasteiger partial charge in [-0.05, 0) is 5.92 Å². The molecule has 0 saturated carbocycles. The summed E-state index contributed by atoms with van der Waals surface area (Å²) >= 11 is 0. The van der Waals surface area contributed by atoms with Crippen molar-refractivity contribution in [3.63, 3.8) is 0 Å². The molecule has 3 nitrogen and oxygen atoms in total. The van der Waals surface area contributed by atoms with Gasteiger partial charge in [-0.1, -0.05) is 13.8 Å². The molecule has 0 spiro atoms. The van der Waals surface area contributed by atoms with Crippen LogP contribution in [-0.4, -0.2) is 25.3 Å². The predicted molar refractivity (Wildman–Crippen MR) is 39.7 cm³/mol. The van der Waals surface area contributed by atoms with Crippen molar-refractivity contribution in [2.45, 2.75) is 26.1 Å². The summed E-state index contributed by atoms with van der Waals surface area (Å²) in [5.41, 5.74) is 5.22. The van der Waals surface area contributed by atoms with Crippen LogP contribution in [0.3, 0.4) is 0 Å². The molecule has 0 fully saturated rings. The van der Waals surface area contributed by atoms with Crippen LogP contribution in [0, 0.1) is 5.92 Å². The molecule has 0 aliphatic heterocycles. The summed E-state index contributed by atoms with van der Waals surface area (Å²) in [5.74, 6) is -0.963. The molecule has 2 N–H and O–H groups in total. The van der Waals surface area contributed by atoms with Gasteiger partial charge in [-0.15, -0.1) is 0 Å². The van der Waals surface area contributed by atoms with Gasteiger partial charge in [0.2, 0.25) is 0 Å². The van der Waals surface area contributed by atoms with E-state index in [0.717, 1.165) is 0 Å². The molecule has 0 saturated heterocycles. The zero-order valence-corrected chi connectivity index (χ0v) is 7.00. The molecule has 1 unspecified atom stereocenters. The van der Waals surface area contributed by atoms with Gasteiger partial charge in [-0.25, -0.2) is 4.39 Å². The van der Waals surface area contributed by atoms with Crippen LogP contribution in [0.4, 0.5) is 4.39 Å². The highest BCUT2D eigenvalue weighted by atomic mass is 19.1. The van der Waals surface area contributed by atoms with Crippen molar-refractivity contribution in [3.05, 3.63) is 0 Å². The molecule has 0 aromatic heterocycles. The van der Waals surface area contributed by atoms with Crippen molar-refractivity contribution in [2.24, 2.45) is 11.7 Å². The van der Waals surface area contributed by atoms with Crippen molar-refractivity contribution < 1.29 is 13.9 Å². The molecule has 0 radical (unpaired) electrons. The van der Waals surface area contributed by atoms with Crippen LogP contribution in [0.15, 0.2) is 0 Å². The van der Waals surface area contributed by atoms with Crippen LogP contribution in [0.5, 0.6) is 0 Å². The van der Waals surface area contributed by atoms with Crippen molar-refractivity contribution in [1.82, 2.24) is 0 Å². The Morgan fingerprint density at radius 1 is 1.55 bits per heavy atom. The van der Waals surface area contributed by atoms with Crippen molar-refractivity contribution in [2.75, 3.05) is 7.11 Å². The normalized spacial score (nSPS) is 16.2. The molecule has 0 amide bonds. The zero-order chi connectivity index (χ0) is 9.02. The van der Waals surface area contributed by atoms with Gasteiger partial charge in [-0.2, -0.15) is 0 Å². The first kappa shape index (κ1) is 10.4. The van der Waals surface area contributed by atoms with Gasteiger partial charge in [-0.3, -0.25) is 4.79 Å². The smallest absolute Gasteiger partial charge is 0.325 e. The fourth-order valence-electron chi connectivity index (χ4n) is 0.681. The second-order valence-corrected chi connectivity index (χ2v) is 2.74. The van der Waals surface area contributed by atoms with E-state index in [1.807, 2.05) is 0 Å². The summed E-state index contributed by atoms with van der Waals surface area (Å²) in [6.07, 6.45) is -1.33. The maximum absolute atomic E-state index is 12.9. The lowest BCUT2D eigenvalue weighted by Crippen LogP contribution is -2.42. The fraction of sp³-hybridized carbons (Fsp3) is 0.857. The maximum atomic E-state index is 12.9. The van der Waals surface area contributed by atoms with E-state index in [1.54, 1.807) is 13.8 Å². The van der Waals surface area contributed by atoms with Crippen molar-refractivity contribution in [3.8, 4) is 0 Å². The molecule has 0 aliphatic carbocycles. The van der Waals surface area contributed by atoms with Crippen LogP contribution < -0.4 is 5.73 Å². The summed E-state index contributed by atoms with van der Waals surface area (Å²) in [6.45, 7) is 3.32. The Morgan fingerprint density at radius 2 is 2.00 bits per heavy atom. The van der Waals surface area contributed by atoms with E-state index in [2.05, 4.69) is 4.74 Å². The number of halogens is 1. The number of ether oxygens (including phenoxy) is 1. The van der Waals surface area contributed by atoms with E-state index in [-0.39, 0.29) is 5.92 Å². The average Bonchev–Trinajstić information content (AvgIpc) is 2.00. The zero-order valence-electron chi connectivity index (χ0n) is 7.00. The highest BCUT2D eigenvalue weighted by Crippen LogP contribution is 2.09. The molecule has 11 heavy (non-hydrogen) atoms. The lowest BCUT2D eigenvalue weighted by Gasteiger charge is -2.16. The largest absolute Gasteiger partial charge is 0.468 e. The predicted octanol–water partition coefficient (Wildman–Crippen LogP) is 0.481. The highest BCUT2D eigenvalue weighted by Gasteiger charge is 2.27. The fourth-order valence-corrected chi connectivity index (χ4v) is 0.681. The number of carbonyl (C=O) groups is 1. The van der Waals surface area contributed by atoms with Gasteiger partial charge in [0.1, 0.15) is 12.2 Å². The van der Waals surface area contributed by atoms with Crippen LogP contribution >= 0.6 is 0 Å². The third kappa shape index (κ3) is 2.84. The monoisotopic (exact) mass is 163 g/mol. The number of carbonyl (C=O) groups excluding carboxylic acids is 1. The number of rotatable bonds is 3. The summed E-state index contributed by atoms with van der Waals surface area (Å²) in [5, 5.41) is 0. The molecular formula is C7H14FNO2. The molecule has 0 aliphatic rings. The lowest BCUT2D eigenvalue weighted by molar-refractivity contribution is -0.144. The number of nitrogens with two attached hydrogens (primary N) is 1. The number of esters is 1. The Morgan fingerprint density at radius 3 is 2.27 bits per heavy atom. The van der Waals surface area contributed by atoms with Gasteiger partial charge in [0.25, 0.3) is 0 Å². The minimum Gasteiger partial charge on any atom is -0.468 e. The van der Waals surface area contributed by atoms with E-state index in [1.165, 1.54) is 7.11 Å².